The summed E-state index contributed by atoms with van der Waals surface area (Å²) < 4.78 is 3.04. The largest absolute Gasteiger partial charge is 0.352 e. The van der Waals surface area contributed by atoms with Gasteiger partial charge in [-0.2, -0.15) is 0 Å². The lowest BCUT2D eigenvalue weighted by atomic mass is 10.0. The number of likely N-dealkylation sites (tertiary alicyclic amines) is 1. The number of carbonyl (C=O) groups is 2. The Morgan fingerprint density at radius 2 is 1.92 bits per heavy atom. The second kappa shape index (κ2) is 8.29. The van der Waals surface area contributed by atoms with Crippen molar-refractivity contribution < 1.29 is 9.59 Å². The normalized spacial score (nSPS) is 15.2. The molecule has 1 saturated heterocycles. The zero-order valence-electron chi connectivity index (χ0n) is 13.9. The molecule has 25 heavy (non-hydrogen) atoms. The molecule has 1 aliphatic rings. The maximum atomic E-state index is 12.3. The fraction of sp³-hybridized carbons (Fsp3) is 0.389. The van der Waals surface area contributed by atoms with E-state index in [0.717, 1.165) is 30.4 Å². The van der Waals surface area contributed by atoms with Gasteiger partial charge in [0.05, 0.1) is 6.33 Å². The summed E-state index contributed by atoms with van der Waals surface area (Å²) in [7, 11) is 0. The number of rotatable bonds is 5. The summed E-state index contributed by atoms with van der Waals surface area (Å²) in [5.74, 6) is -0.0562. The molecule has 3 rings (SSSR count). The monoisotopic (exact) mass is 404 g/mol. The number of imidazole rings is 1. The van der Waals surface area contributed by atoms with Crippen molar-refractivity contribution in [3.63, 3.8) is 0 Å². The summed E-state index contributed by atoms with van der Waals surface area (Å²) >= 11 is 3.34. The number of aromatic nitrogens is 2. The first-order valence-corrected chi connectivity index (χ1v) is 9.22. The first kappa shape index (κ1) is 17.7. The van der Waals surface area contributed by atoms with Gasteiger partial charge in [-0.15, -0.1) is 0 Å². The quantitative estimate of drug-likeness (QED) is 0.832. The van der Waals surface area contributed by atoms with Crippen LogP contribution in [0, 0.1) is 0 Å². The maximum Gasteiger partial charge on any atom is 0.251 e. The van der Waals surface area contributed by atoms with E-state index in [1.165, 1.54) is 0 Å². The predicted octanol–water partition coefficient (Wildman–Crippen LogP) is 2.63. The van der Waals surface area contributed by atoms with Crippen molar-refractivity contribution in [2.45, 2.75) is 25.3 Å². The van der Waals surface area contributed by atoms with Crippen LogP contribution in [0.1, 0.15) is 35.7 Å². The Bertz CT molecular complexity index is 707. The van der Waals surface area contributed by atoms with E-state index in [9.17, 15) is 9.59 Å². The zero-order valence-corrected chi connectivity index (χ0v) is 15.5. The van der Waals surface area contributed by atoms with E-state index in [0.29, 0.717) is 24.6 Å². The van der Waals surface area contributed by atoms with Crippen LogP contribution in [0.5, 0.6) is 0 Å². The molecule has 1 fully saturated rings. The van der Waals surface area contributed by atoms with Crippen molar-refractivity contribution in [1.29, 1.82) is 0 Å². The summed E-state index contributed by atoms with van der Waals surface area (Å²) in [5.41, 5.74) is 0.594. The standard InChI is InChI=1S/C18H21BrN4O2/c19-15-3-1-14(2-4-15)18(25)21-8-5-17(24)22-10-6-16(7-11-22)23-12-9-20-13-23/h1-4,9,12-13,16H,5-8,10-11H2,(H,21,25). The van der Waals surface area contributed by atoms with Gasteiger partial charge in [0.15, 0.2) is 0 Å². The van der Waals surface area contributed by atoms with Gasteiger partial charge >= 0.3 is 0 Å². The molecule has 0 spiro atoms. The lowest BCUT2D eigenvalue weighted by molar-refractivity contribution is -0.132. The predicted molar refractivity (Wildman–Crippen MR) is 98.2 cm³/mol. The Morgan fingerprint density at radius 1 is 1.20 bits per heavy atom. The van der Waals surface area contributed by atoms with Crippen LogP contribution in [0.2, 0.25) is 0 Å². The maximum absolute atomic E-state index is 12.3. The molecule has 6 nitrogen and oxygen atoms in total. The van der Waals surface area contributed by atoms with Crippen LogP contribution < -0.4 is 5.32 Å². The molecule has 0 saturated carbocycles. The lowest BCUT2D eigenvalue weighted by Crippen LogP contribution is -2.40. The lowest BCUT2D eigenvalue weighted by Gasteiger charge is -2.32. The van der Waals surface area contributed by atoms with E-state index in [2.05, 4.69) is 30.8 Å². The Morgan fingerprint density at radius 3 is 2.56 bits per heavy atom. The van der Waals surface area contributed by atoms with E-state index in [-0.39, 0.29) is 11.8 Å². The third-order valence-electron chi connectivity index (χ3n) is 4.49. The molecule has 0 radical (unpaired) electrons. The van der Waals surface area contributed by atoms with Crippen LogP contribution in [-0.4, -0.2) is 45.9 Å². The molecule has 1 aliphatic heterocycles. The molecule has 0 unspecified atom stereocenters. The minimum Gasteiger partial charge on any atom is -0.352 e. The first-order chi connectivity index (χ1) is 12.1. The fourth-order valence-corrected chi connectivity index (χ4v) is 3.31. The van der Waals surface area contributed by atoms with Gasteiger partial charge in [-0.25, -0.2) is 4.98 Å². The van der Waals surface area contributed by atoms with Gasteiger partial charge in [0.2, 0.25) is 5.91 Å². The van der Waals surface area contributed by atoms with E-state index in [1.54, 1.807) is 18.3 Å². The van der Waals surface area contributed by atoms with Gasteiger partial charge in [0.25, 0.3) is 5.91 Å². The number of nitrogens with zero attached hydrogens (tertiary/aromatic N) is 3. The Kier molecular flexibility index (Phi) is 5.86. The Hall–Kier alpha value is -2.15. The topological polar surface area (TPSA) is 67.2 Å². The molecule has 0 bridgehead atoms. The van der Waals surface area contributed by atoms with Crippen molar-refractivity contribution >= 4 is 27.7 Å². The number of hydrogen-bond acceptors (Lipinski definition) is 3. The number of benzene rings is 1. The molecule has 1 N–H and O–H groups in total. The highest BCUT2D eigenvalue weighted by molar-refractivity contribution is 9.10. The van der Waals surface area contributed by atoms with Crippen molar-refractivity contribution in [1.82, 2.24) is 19.8 Å². The van der Waals surface area contributed by atoms with Crippen molar-refractivity contribution in [2.75, 3.05) is 19.6 Å². The molecule has 0 aliphatic carbocycles. The number of piperidine rings is 1. The van der Waals surface area contributed by atoms with Gasteiger partial charge in [0, 0.05) is 54.5 Å². The molecule has 132 valence electrons. The molecule has 1 aromatic carbocycles. The van der Waals surface area contributed by atoms with Crippen molar-refractivity contribution in [3.05, 3.63) is 53.0 Å². The molecule has 2 amide bonds. The van der Waals surface area contributed by atoms with Crippen LogP contribution in [0.4, 0.5) is 0 Å². The third-order valence-corrected chi connectivity index (χ3v) is 5.02. The number of amides is 2. The average Bonchev–Trinajstić information content (AvgIpc) is 3.17. The van der Waals surface area contributed by atoms with Gasteiger partial charge in [0.1, 0.15) is 0 Å². The minimum atomic E-state index is -0.154. The van der Waals surface area contributed by atoms with Gasteiger partial charge < -0.3 is 14.8 Å². The van der Waals surface area contributed by atoms with E-state index < -0.39 is 0 Å². The Balaban J connectivity index is 1.39. The van der Waals surface area contributed by atoms with Gasteiger partial charge in [-0.05, 0) is 37.1 Å². The average molecular weight is 405 g/mol. The first-order valence-electron chi connectivity index (χ1n) is 8.42. The molecule has 2 heterocycles. The molecular formula is C18H21BrN4O2. The number of halogens is 1. The number of hydrogen-bond donors (Lipinski definition) is 1. The van der Waals surface area contributed by atoms with Crippen LogP contribution in [0.25, 0.3) is 0 Å². The highest BCUT2D eigenvalue weighted by Gasteiger charge is 2.23. The summed E-state index contributed by atoms with van der Waals surface area (Å²) in [6, 6.07) is 7.57. The molecular weight excluding hydrogens is 384 g/mol. The SMILES string of the molecule is O=C(NCCC(=O)N1CCC(n2ccnc2)CC1)c1ccc(Br)cc1. The number of nitrogens with one attached hydrogen (secondary N) is 1. The van der Waals surface area contributed by atoms with Gasteiger partial charge in [-0.3, -0.25) is 9.59 Å². The highest BCUT2D eigenvalue weighted by atomic mass is 79.9. The van der Waals surface area contributed by atoms with Crippen LogP contribution in [0.15, 0.2) is 47.5 Å². The third kappa shape index (κ3) is 4.69. The molecule has 0 atom stereocenters. The van der Waals surface area contributed by atoms with E-state index >= 15 is 0 Å². The number of carbonyl (C=O) groups excluding carboxylic acids is 2. The second-order valence-corrected chi connectivity index (χ2v) is 7.05. The second-order valence-electron chi connectivity index (χ2n) is 6.13. The summed E-state index contributed by atoms with van der Waals surface area (Å²) in [4.78, 5) is 30.3. The van der Waals surface area contributed by atoms with Crippen molar-refractivity contribution in [3.8, 4) is 0 Å². The van der Waals surface area contributed by atoms with Crippen LogP contribution in [-0.2, 0) is 4.79 Å². The molecule has 2 aromatic rings. The summed E-state index contributed by atoms with van der Waals surface area (Å²) in [6.07, 6.45) is 7.80. The Labute approximate surface area is 155 Å². The van der Waals surface area contributed by atoms with Crippen molar-refractivity contribution in [2.24, 2.45) is 0 Å². The fourth-order valence-electron chi connectivity index (χ4n) is 3.04. The summed E-state index contributed by atoms with van der Waals surface area (Å²) in [5, 5.41) is 2.81. The van der Waals surface area contributed by atoms with E-state index in [1.807, 2.05) is 29.6 Å². The summed E-state index contributed by atoms with van der Waals surface area (Å²) in [6.45, 7) is 1.86. The minimum absolute atomic E-state index is 0.0974. The smallest absolute Gasteiger partial charge is 0.251 e. The zero-order chi connectivity index (χ0) is 17.6. The highest BCUT2D eigenvalue weighted by Crippen LogP contribution is 2.22. The molecule has 7 heteroatoms. The van der Waals surface area contributed by atoms with Crippen LogP contribution >= 0.6 is 15.9 Å². The van der Waals surface area contributed by atoms with E-state index in [4.69, 9.17) is 0 Å². The molecule has 1 aromatic heterocycles. The van der Waals surface area contributed by atoms with Gasteiger partial charge in [-0.1, -0.05) is 15.9 Å². The van der Waals surface area contributed by atoms with Crippen LogP contribution in [0.3, 0.4) is 0 Å².